The predicted molar refractivity (Wildman–Crippen MR) is 103 cm³/mol. The van der Waals surface area contributed by atoms with Crippen molar-refractivity contribution in [2.24, 2.45) is 5.73 Å². The van der Waals surface area contributed by atoms with E-state index in [1.165, 1.54) is 6.20 Å². The van der Waals surface area contributed by atoms with Gasteiger partial charge in [0.25, 0.3) is 0 Å². The summed E-state index contributed by atoms with van der Waals surface area (Å²) in [6, 6.07) is 11.6. The van der Waals surface area contributed by atoms with E-state index < -0.39 is 17.5 Å². The molecule has 0 fully saturated rings. The highest BCUT2D eigenvalue weighted by Gasteiger charge is 2.08. The van der Waals surface area contributed by atoms with Crippen molar-refractivity contribution >= 4 is 28.6 Å². The van der Waals surface area contributed by atoms with Crippen LogP contribution in [0.2, 0.25) is 0 Å². The first-order valence-electron chi connectivity index (χ1n) is 8.58. The molecule has 0 unspecified atom stereocenters. The van der Waals surface area contributed by atoms with Gasteiger partial charge in [-0.05, 0) is 30.3 Å². The number of anilines is 2. The van der Waals surface area contributed by atoms with Crippen LogP contribution < -0.4 is 15.8 Å². The molecule has 4 rings (SSSR count). The lowest BCUT2D eigenvalue weighted by atomic mass is 10.2. The van der Waals surface area contributed by atoms with Crippen LogP contribution in [0.25, 0.3) is 11.0 Å². The molecule has 7 nitrogen and oxygen atoms in total. The Morgan fingerprint density at radius 3 is 2.59 bits per heavy atom. The number of rotatable bonds is 6. The van der Waals surface area contributed by atoms with Crippen LogP contribution in [0.1, 0.15) is 5.69 Å². The number of nitrogens with zero attached hydrogens (tertiary/aromatic N) is 2. The monoisotopic (exact) mass is 395 g/mol. The van der Waals surface area contributed by atoms with Gasteiger partial charge in [0.15, 0.2) is 0 Å². The molecule has 9 heteroatoms. The van der Waals surface area contributed by atoms with Crippen molar-refractivity contribution in [3.63, 3.8) is 0 Å². The number of pyridine rings is 1. The molecule has 4 aromatic rings. The van der Waals surface area contributed by atoms with Crippen molar-refractivity contribution in [3.8, 4) is 11.5 Å². The molecule has 0 bridgehead atoms. The first kappa shape index (κ1) is 18.4. The zero-order valence-corrected chi connectivity index (χ0v) is 14.9. The third-order valence-electron chi connectivity index (χ3n) is 3.96. The van der Waals surface area contributed by atoms with Crippen molar-refractivity contribution in [1.29, 1.82) is 0 Å². The molecule has 0 saturated carbocycles. The molecular weight excluding hydrogens is 380 g/mol. The second-order valence-electron chi connectivity index (χ2n) is 6.28. The number of nitrogens with one attached hydrogen (secondary N) is 2. The second-order valence-corrected chi connectivity index (χ2v) is 6.28. The average Bonchev–Trinajstić information content (AvgIpc) is 3.02. The van der Waals surface area contributed by atoms with Crippen molar-refractivity contribution < 1.29 is 18.3 Å². The highest BCUT2D eigenvalue weighted by molar-refractivity contribution is 5.80. The number of carbonyl (C=O) groups excluding carboxylic acids is 1. The van der Waals surface area contributed by atoms with Gasteiger partial charge in [-0.25, -0.2) is 13.8 Å². The van der Waals surface area contributed by atoms with Crippen molar-refractivity contribution in [3.05, 3.63) is 72.1 Å². The van der Waals surface area contributed by atoms with E-state index in [-0.39, 0.29) is 12.1 Å². The summed E-state index contributed by atoms with van der Waals surface area (Å²) >= 11 is 0. The van der Waals surface area contributed by atoms with Gasteiger partial charge in [-0.15, -0.1) is 0 Å². The molecule has 0 spiro atoms. The van der Waals surface area contributed by atoms with Gasteiger partial charge in [-0.2, -0.15) is 0 Å². The number of aromatic nitrogens is 3. The number of ether oxygens (including phenoxy) is 1. The third-order valence-corrected chi connectivity index (χ3v) is 3.96. The largest absolute Gasteiger partial charge is 0.457 e. The maximum Gasteiger partial charge on any atom is 0.223 e. The number of H-pyrrole nitrogens is 1. The maximum atomic E-state index is 13.3. The summed E-state index contributed by atoms with van der Waals surface area (Å²) in [6.07, 6.45) is 1.55. The molecule has 0 aliphatic heterocycles. The minimum absolute atomic E-state index is 0.0203. The molecule has 0 saturated heterocycles. The zero-order valence-electron chi connectivity index (χ0n) is 14.9. The minimum atomic E-state index is -0.688. The summed E-state index contributed by atoms with van der Waals surface area (Å²) in [6.45, 7) is 0. The number of benzene rings is 2. The molecule has 2 heterocycles. The lowest BCUT2D eigenvalue weighted by Crippen LogP contribution is -2.14. The van der Waals surface area contributed by atoms with E-state index in [0.29, 0.717) is 34.2 Å². The van der Waals surface area contributed by atoms with E-state index in [4.69, 9.17) is 10.5 Å². The van der Waals surface area contributed by atoms with E-state index in [1.54, 1.807) is 30.3 Å². The Balaban J connectivity index is 1.54. The van der Waals surface area contributed by atoms with Crippen LogP contribution in [0, 0.1) is 11.6 Å². The normalized spacial score (nSPS) is 10.8. The molecule has 2 aromatic heterocycles. The Hall–Kier alpha value is -4.01. The lowest BCUT2D eigenvalue weighted by molar-refractivity contribution is -0.117. The third kappa shape index (κ3) is 4.46. The highest BCUT2D eigenvalue weighted by Crippen LogP contribution is 2.27. The number of hydrogen-bond acceptors (Lipinski definition) is 5. The van der Waals surface area contributed by atoms with Gasteiger partial charge in [0.2, 0.25) is 11.9 Å². The van der Waals surface area contributed by atoms with Crippen LogP contribution in [0.3, 0.4) is 0 Å². The van der Waals surface area contributed by atoms with Gasteiger partial charge in [-0.1, -0.05) is 0 Å². The van der Waals surface area contributed by atoms with E-state index in [9.17, 15) is 13.6 Å². The van der Waals surface area contributed by atoms with Crippen LogP contribution in [0.4, 0.5) is 20.4 Å². The Labute approximate surface area is 163 Å². The molecule has 1 amide bonds. The topological polar surface area (TPSA) is 106 Å². The summed E-state index contributed by atoms with van der Waals surface area (Å²) in [5.74, 6) is -0.495. The van der Waals surface area contributed by atoms with Crippen LogP contribution in [-0.2, 0) is 11.2 Å². The van der Waals surface area contributed by atoms with Crippen LogP contribution in [0.15, 0.2) is 54.7 Å². The van der Waals surface area contributed by atoms with Gasteiger partial charge < -0.3 is 20.8 Å². The number of nitrogens with two attached hydrogens (primary N) is 1. The van der Waals surface area contributed by atoms with Gasteiger partial charge in [0.05, 0.1) is 23.1 Å². The number of aromatic amines is 1. The fraction of sp³-hybridized carbons (Fsp3) is 0.0500. The lowest BCUT2D eigenvalue weighted by Gasteiger charge is -2.06. The van der Waals surface area contributed by atoms with Crippen molar-refractivity contribution in [2.45, 2.75) is 6.42 Å². The first-order valence-corrected chi connectivity index (χ1v) is 8.58. The molecule has 0 atom stereocenters. The Morgan fingerprint density at radius 1 is 1.07 bits per heavy atom. The quantitative estimate of drug-likeness (QED) is 0.460. The fourth-order valence-corrected chi connectivity index (χ4v) is 2.80. The average molecular weight is 395 g/mol. The standard InChI is InChI=1S/C20H15F2N5O2/c21-11-5-12(22)7-14(6-11)25-20-26-17-2-1-15(10-18(17)27-20)29-16-3-4-24-13(8-16)9-19(23)28/h1-8,10H,9H2,(H2,23,28)(H2,25,26,27). The predicted octanol–water partition coefficient (Wildman–Crippen LogP) is 3.80. The van der Waals surface area contributed by atoms with E-state index in [2.05, 4.69) is 20.3 Å². The summed E-state index contributed by atoms with van der Waals surface area (Å²) in [5, 5.41) is 2.83. The minimum Gasteiger partial charge on any atom is -0.457 e. The van der Waals surface area contributed by atoms with Gasteiger partial charge in [0, 0.05) is 30.1 Å². The number of fused-ring (bicyclic) bond motifs is 1. The number of imidazole rings is 1. The Kier molecular flexibility index (Phi) is 4.78. The number of halogens is 2. The summed E-state index contributed by atoms with van der Waals surface area (Å²) in [5.41, 5.74) is 7.22. The van der Waals surface area contributed by atoms with Crippen LogP contribution >= 0.6 is 0 Å². The first-order chi connectivity index (χ1) is 13.9. The molecule has 0 aliphatic carbocycles. The Bertz CT molecular complexity index is 1190. The Morgan fingerprint density at radius 2 is 1.83 bits per heavy atom. The molecule has 0 radical (unpaired) electrons. The van der Waals surface area contributed by atoms with E-state index >= 15 is 0 Å². The van der Waals surface area contributed by atoms with Crippen molar-refractivity contribution in [1.82, 2.24) is 15.0 Å². The van der Waals surface area contributed by atoms with E-state index in [0.717, 1.165) is 18.2 Å². The number of carbonyl (C=O) groups is 1. The summed E-state index contributed by atoms with van der Waals surface area (Å²) in [7, 11) is 0. The fourth-order valence-electron chi connectivity index (χ4n) is 2.80. The van der Waals surface area contributed by atoms with Crippen LogP contribution in [0.5, 0.6) is 11.5 Å². The van der Waals surface area contributed by atoms with Crippen molar-refractivity contribution in [2.75, 3.05) is 5.32 Å². The molecular formula is C20H15F2N5O2. The molecule has 0 aliphatic rings. The SMILES string of the molecule is NC(=O)Cc1cc(Oc2ccc3nc(Nc4cc(F)cc(F)c4)[nH]c3c2)ccn1. The molecule has 146 valence electrons. The number of hydrogen-bond donors (Lipinski definition) is 3. The van der Waals surface area contributed by atoms with Gasteiger partial charge in [0.1, 0.15) is 23.1 Å². The highest BCUT2D eigenvalue weighted by atomic mass is 19.1. The number of amides is 1. The van der Waals surface area contributed by atoms with Crippen LogP contribution in [-0.4, -0.2) is 20.9 Å². The van der Waals surface area contributed by atoms with Gasteiger partial charge in [-0.3, -0.25) is 9.78 Å². The zero-order chi connectivity index (χ0) is 20.4. The summed E-state index contributed by atoms with van der Waals surface area (Å²) < 4.78 is 32.5. The summed E-state index contributed by atoms with van der Waals surface area (Å²) in [4.78, 5) is 22.5. The smallest absolute Gasteiger partial charge is 0.223 e. The molecule has 29 heavy (non-hydrogen) atoms. The molecule has 2 aromatic carbocycles. The van der Waals surface area contributed by atoms with E-state index in [1.807, 2.05) is 0 Å². The van der Waals surface area contributed by atoms with Gasteiger partial charge >= 0.3 is 0 Å². The second kappa shape index (κ2) is 7.55. The number of primary amides is 1. The maximum absolute atomic E-state index is 13.3. The molecule has 4 N–H and O–H groups in total.